The molecule has 7 aromatic carbocycles. The molecular weight excluding hydrogens is 854 g/mol. The first-order valence-corrected chi connectivity index (χ1v) is 18.2. The van der Waals surface area contributed by atoms with Crippen LogP contribution < -0.4 is 0 Å². The molecule has 0 spiro atoms. The van der Waals surface area contributed by atoms with Crippen LogP contribution in [0.25, 0.3) is 72.7 Å². The van der Waals surface area contributed by atoms with Crippen molar-refractivity contribution in [2.75, 3.05) is 0 Å². The molecule has 9 rings (SSSR count). The Morgan fingerprint density at radius 1 is 0.545 bits per heavy atom. The number of pyridine rings is 1. The van der Waals surface area contributed by atoms with Crippen molar-refractivity contribution in [1.29, 1.82) is 0 Å². The van der Waals surface area contributed by atoms with Gasteiger partial charge in [-0.05, 0) is 70.1 Å². The van der Waals surface area contributed by atoms with Crippen molar-refractivity contribution in [2.45, 2.75) is 12.8 Å². The number of aromatic nitrogens is 3. The summed E-state index contributed by atoms with van der Waals surface area (Å²) in [7, 11) is 0. The average molecular weight is 890 g/mol. The van der Waals surface area contributed by atoms with Crippen LogP contribution in [0.4, 0.5) is 0 Å². The van der Waals surface area contributed by atoms with E-state index in [0.717, 1.165) is 66.9 Å². The Labute approximate surface area is 335 Å². The van der Waals surface area contributed by atoms with E-state index in [1.54, 1.807) is 6.07 Å². The average Bonchev–Trinajstić information content (AvgIpc) is 3.64. The minimum absolute atomic E-state index is 0. The van der Waals surface area contributed by atoms with Crippen molar-refractivity contribution >= 4 is 11.0 Å². The molecule has 0 saturated heterocycles. The predicted molar refractivity (Wildman–Crippen MR) is 221 cm³/mol. The quantitative estimate of drug-likeness (QED) is 0.155. The van der Waals surface area contributed by atoms with Gasteiger partial charge in [-0.3, -0.25) is 9.55 Å². The fraction of sp³-hybridized carbons (Fsp3) is 0.0400. The van der Waals surface area contributed by atoms with E-state index in [1.165, 1.54) is 5.56 Å². The Balaban J connectivity index is 0.00000427. The maximum atomic E-state index is 11.1. The smallest absolute Gasteiger partial charge is 0.148 e. The largest absolute Gasteiger partial charge is 0.507 e. The Bertz CT molecular complexity index is 2730. The first-order chi connectivity index (χ1) is 26.6. The zero-order chi connectivity index (χ0) is 36.4. The van der Waals surface area contributed by atoms with Gasteiger partial charge in [0.1, 0.15) is 11.6 Å². The molecule has 2 heterocycles. The van der Waals surface area contributed by atoms with Crippen molar-refractivity contribution in [3.8, 4) is 67.5 Å². The van der Waals surface area contributed by atoms with E-state index in [-0.39, 0.29) is 32.7 Å². The second-order valence-electron chi connectivity index (χ2n) is 13.5. The van der Waals surface area contributed by atoms with Gasteiger partial charge in [0.2, 0.25) is 0 Å². The summed E-state index contributed by atoms with van der Waals surface area (Å²) in [5.41, 5.74) is 13.9. The van der Waals surface area contributed by atoms with E-state index in [9.17, 15) is 5.11 Å². The van der Waals surface area contributed by atoms with E-state index >= 15 is 0 Å². The predicted octanol–water partition coefficient (Wildman–Crippen LogP) is 12.4. The van der Waals surface area contributed by atoms with Crippen molar-refractivity contribution in [2.24, 2.45) is 0 Å². The molecule has 0 aliphatic heterocycles. The summed E-state index contributed by atoms with van der Waals surface area (Å²) in [6, 6.07) is 66.0. The van der Waals surface area contributed by atoms with Crippen LogP contribution in [-0.2, 0) is 21.1 Å². The Hall–Kier alpha value is -6.35. The van der Waals surface area contributed by atoms with Crippen LogP contribution in [-0.4, -0.2) is 19.6 Å². The van der Waals surface area contributed by atoms with Crippen molar-refractivity contribution < 1.29 is 26.2 Å². The van der Waals surface area contributed by atoms with Gasteiger partial charge in [0, 0.05) is 38.6 Å². The van der Waals surface area contributed by atoms with E-state index in [4.69, 9.17) is 9.97 Å². The van der Waals surface area contributed by atoms with Gasteiger partial charge in [0.15, 0.2) is 0 Å². The van der Waals surface area contributed by atoms with Crippen LogP contribution >= 0.6 is 0 Å². The molecule has 2 aromatic heterocycles. The molecule has 9 aromatic rings. The molecule has 5 heteroatoms. The molecule has 0 radical (unpaired) electrons. The molecule has 1 N–H and O–H groups in total. The fourth-order valence-corrected chi connectivity index (χ4v) is 7.30. The summed E-state index contributed by atoms with van der Waals surface area (Å²) in [5.74, 6) is 0.954. The van der Waals surface area contributed by atoms with Crippen LogP contribution in [0.1, 0.15) is 24.0 Å². The summed E-state index contributed by atoms with van der Waals surface area (Å²) in [6.45, 7) is 2.25. The normalized spacial score (nSPS) is 11.6. The zero-order valence-electron chi connectivity index (χ0n) is 30.1. The molecule has 268 valence electrons. The molecule has 0 aliphatic carbocycles. The van der Waals surface area contributed by atoms with E-state index < -0.39 is 0 Å². The third kappa shape index (κ3) is 7.05. The SMILES string of the molecule is CC(c1ccccc1)c1cc(-c2cc(-c3ccccc3)ccn2)[c-]c(-c2cccc3c2nc(-c2ccccc2O)n3-c2ccc(-c3ccccc3)cc2)c1.[Pt]. The van der Waals surface area contributed by atoms with E-state index in [1.807, 2.05) is 36.5 Å². The van der Waals surface area contributed by atoms with Gasteiger partial charge >= 0.3 is 0 Å². The number of fused-ring (bicyclic) bond motifs is 1. The number of aromatic hydroxyl groups is 1. The Morgan fingerprint density at radius 3 is 1.85 bits per heavy atom. The van der Waals surface area contributed by atoms with Gasteiger partial charge in [-0.25, -0.2) is 4.98 Å². The molecule has 55 heavy (non-hydrogen) atoms. The second-order valence-corrected chi connectivity index (χ2v) is 13.5. The summed E-state index contributed by atoms with van der Waals surface area (Å²) in [5, 5.41) is 11.1. The molecule has 0 bridgehead atoms. The Morgan fingerprint density at radius 2 is 1.15 bits per heavy atom. The van der Waals surface area contributed by atoms with Crippen molar-refractivity contribution in [1.82, 2.24) is 14.5 Å². The number of benzene rings is 7. The number of imidazole rings is 1. The van der Waals surface area contributed by atoms with Gasteiger partial charge in [0.25, 0.3) is 0 Å². The standard InChI is InChI=1S/C50H36N3O.Pt/c1-34(35-14-5-2-6-15-35)40-30-41(32-42(31-40)46-33-39(28-29-51-46)37-18-9-4-10-19-37)44-21-13-22-47-49(44)52-50(45-20-11-12-23-48(45)54)53(47)43-26-24-38(25-27-43)36-16-7-3-8-17-36;/h2-31,33-34,54H,1H3;/q-1;. The molecule has 0 saturated carbocycles. The van der Waals surface area contributed by atoms with Gasteiger partial charge in [-0.1, -0.05) is 152 Å². The number of para-hydroxylation sites is 2. The van der Waals surface area contributed by atoms with Crippen LogP contribution in [0.2, 0.25) is 0 Å². The molecule has 1 unspecified atom stereocenters. The molecule has 0 aliphatic rings. The summed E-state index contributed by atoms with van der Waals surface area (Å²) < 4.78 is 2.14. The van der Waals surface area contributed by atoms with Gasteiger partial charge < -0.3 is 5.11 Å². The number of nitrogens with zero attached hydrogens (tertiary/aromatic N) is 3. The van der Waals surface area contributed by atoms with Crippen LogP contribution in [0.5, 0.6) is 5.75 Å². The fourth-order valence-electron chi connectivity index (χ4n) is 7.30. The van der Waals surface area contributed by atoms with Crippen molar-refractivity contribution in [3.05, 3.63) is 205 Å². The third-order valence-electron chi connectivity index (χ3n) is 10.2. The van der Waals surface area contributed by atoms with Gasteiger partial charge in [-0.2, -0.15) is 0 Å². The number of hydrogen-bond acceptors (Lipinski definition) is 3. The van der Waals surface area contributed by atoms with Crippen LogP contribution in [0, 0.1) is 6.07 Å². The maximum absolute atomic E-state index is 11.1. The minimum atomic E-state index is 0. The van der Waals surface area contributed by atoms with Gasteiger partial charge in [0.05, 0.1) is 16.6 Å². The van der Waals surface area contributed by atoms with Gasteiger partial charge in [-0.15, -0.1) is 29.3 Å². The molecule has 0 fully saturated rings. The topological polar surface area (TPSA) is 50.9 Å². The number of phenolic OH excluding ortho intramolecular Hbond substituents is 1. The van der Waals surface area contributed by atoms with E-state index in [0.29, 0.717) is 11.4 Å². The molecular formula is C50H36N3OPt-. The monoisotopic (exact) mass is 889 g/mol. The van der Waals surface area contributed by atoms with Crippen molar-refractivity contribution in [3.63, 3.8) is 0 Å². The molecule has 0 amide bonds. The summed E-state index contributed by atoms with van der Waals surface area (Å²) >= 11 is 0. The maximum Gasteiger partial charge on any atom is 0.148 e. The first kappa shape index (κ1) is 35.7. The zero-order valence-corrected chi connectivity index (χ0v) is 32.4. The summed E-state index contributed by atoms with van der Waals surface area (Å²) in [4.78, 5) is 10.2. The number of rotatable bonds is 8. The number of phenols is 1. The number of hydrogen-bond donors (Lipinski definition) is 1. The first-order valence-electron chi connectivity index (χ1n) is 18.2. The third-order valence-corrected chi connectivity index (χ3v) is 10.2. The molecule has 1 atom stereocenters. The second kappa shape index (κ2) is 15.6. The molecule has 4 nitrogen and oxygen atoms in total. The Kier molecular flexibility index (Phi) is 10.1. The minimum Gasteiger partial charge on any atom is -0.507 e. The summed E-state index contributed by atoms with van der Waals surface area (Å²) in [6.07, 6.45) is 1.88. The van der Waals surface area contributed by atoms with Crippen LogP contribution in [0.15, 0.2) is 188 Å². The van der Waals surface area contributed by atoms with E-state index in [2.05, 4.69) is 163 Å². The van der Waals surface area contributed by atoms with Crippen LogP contribution in [0.3, 0.4) is 0 Å².